The normalized spacial score (nSPS) is 10.9. The average Bonchev–Trinajstić information content (AvgIpc) is 2.33. The molecule has 0 aliphatic carbocycles. The monoisotopic (exact) mass is 164 g/mol. The van der Waals surface area contributed by atoms with E-state index in [2.05, 4.69) is 4.98 Å². The summed E-state index contributed by atoms with van der Waals surface area (Å²) >= 11 is 0. The Labute approximate surface area is 69.6 Å². The number of halogens is 1. The topological polar surface area (TPSA) is 17.8 Å². The lowest BCUT2D eigenvalue weighted by Gasteiger charge is -1.96. The lowest BCUT2D eigenvalue weighted by molar-refractivity contribution is 0.636. The van der Waals surface area contributed by atoms with Crippen molar-refractivity contribution in [1.29, 1.82) is 0 Å². The number of aryl methyl sites for hydroxylation is 2. The molecule has 0 spiro atoms. The van der Waals surface area contributed by atoms with Gasteiger partial charge in [-0.25, -0.2) is 9.37 Å². The third kappa shape index (κ3) is 0.897. The minimum Gasteiger partial charge on any atom is -0.334 e. The second-order valence-electron chi connectivity index (χ2n) is 2.97. The van der Waals surface area contributed by atoms with Gasteiger partial charge in [0.25, 0.3) is 0 Å². The molecule has 3 heteroatoms. The molecule has 2 nitrogen and oxygen atoms in total. The Morgan fingerprint density at radius 2 is 2.17 bits per heavy atom. The molecule has 0 aliphatic heterocycles. The Kier molecular flexibility index (Phi) is 1.40. The van der Waals surface area contributed by atoms with Gasteiger partial charge in [0.05, 0.1) is 11.8 Å². The minimum absolute atomic E-state index is 0.245. The van der Waals surface area contributed by atoms with E-state index in [1.165, 1.54) is 6.07 Å². The number of fused-ring (bicyclic) bond motifs is 1. The number of benzene rings is 1. The van der Waals surface area contributed by atoms with Gasteiger partial charge in [-0.2, -0.15) is 0 Å². The van der Waals surface area contributed by atoms with Crippen molar-refractivity contribution in [3.8, 4) is 0 Å². The van der Waals surface area contributed by atoms with Gasteiger partial charge >= 0.3 is 0 Å². The second kappa shape index (κ2) is 2.30. The first kappa shape index (κ1) is 7.28. The maximum Gasteiger partial charge on any atom is 0.151 e. The van der Waals surface area contributed by atoms with Crippen LogP contribution in [0.1, 0.15) is 5.56 Å². The molecule has 1 aromatic carbocycles. The largest absolute Gasteiger partial charge is 0.334 e. The number of hydrogen-bond acceptors (Lipinski definition) is 1. The number of aromatic nitrogens is 2. The summed E-state index contributed by atoms with van der Waals surface area (Å²) in [5.41, 5.74) is 2.21. The quantitative estimate of drug-likeness (QED) is 0.582. The first-order valence-corrected chi connectivity index (χ1v) is 3.75. The molecule has 0 atom stereocenters. The molecule has 0 saturated carbocycles. The molecule has 0 radical (unpaired) electrons. The van der Waals surface area contributed by atoms with E-state index in [1.54, 1.807) is 6.33 Å². The van der Waals surface area contributed by atoms with Crippen molar-refractivity contribution < 1.29 is 4.39 Å². The fourth-order valence-electron chi connectivity index (χ4n) is 1.32. The fourth-order valence-corrected chi connectivity index (χ4v) is 1.32. The van der Waals surface area contributed by atoms with Gasteiger partial charge in [0.2, 0.25) is 0 Å². The Bertz CT molecular complexity index is 431. The summed E-state index contributed by atoms with van der Waals surface area (Å²) in [5.74, 6) is -0.245. The maximum absolute atomic E-state index is 13.2. The SMILES string of the molecule is Cc1cc(F)c2ncn(C)c2c1. The Morgan fingerprint density at radius 1 is 1.42 bits per heavy atom. The number of nitrogens with zero attached hydrogens (tertiary/aromatic N) is 2. The highest BCUT2D eigenvalue weighted by Gasteiger charge is 2.05. The van der Waals surface area contributed by atoms with Crippen LogP contribution in [0.3, 0.4) is 0 Å². The number of imidazole rings is 1. The van der Waals surface area contributed by atoms with Crippen LogP contribution in [0.4, 0.5) is 4.39 Å². The van der Waals surface area contributed by atoms with Crippen LogP contribution in [-0.4, -0.2) is 9.55 Å². The van der Waals surface area contributed by atoms with Crippen LogP contribution < -0.4 is 0 Å². The van der Waals surface area contributed by atoms with Crippen molar-refractivity contribution in [3.63, 3.8) is 0 Å². The van der Waals surface area contributed by atoms with Crippen LogP contribution in [0.2, 0.25) is 0 Å². The van der Waals surface area contributed by atoms with E-state index in [9.17, 15) is 4.39 Å². The predicted octanol–water partition coefficient (Wildman–Crippen LogP) is 2.02. The van der Waals surface area contributed by atoms with Gasteiger partial charge in [0.1, 0.15) is 5.52 Å². The zero-order valence-electron chi connectivity index (χ0n) is 7.00. The molecule has 0 aliphatic rings. The Morgan fingerprint density at radius 3 is 2.92 bits per heavy atom. The first-order valence-electron chi connectivity index (χ1n) is 3.75. The van der Waals surface area contributed by atoms with Gasteiger partial charge in [0.15, 0.2) is 5.82 Å². The maximum atomic E-state index is 13.2. The van der Waals surface area contributed by atoms with Gasteiger partial charge in [-0.05, 0) is 24.6 Å². The van der Waals surface area contributed by atoms with Crippen LogP contribution in [0.5, 0.6) is 0 Å². The highest BCUT2D eigenvalue weighted by molar-refractivity contribution is 5.76. The lowest BCUT2D eigenvalue weighted by atomic mass is 10.2. The smallest absolute Gasteiger partial charge is 0.151 e. The molecule has 2 rings (SSSR count). The summed E-state index contributed by atoms with van der Waals surface area (Å²) in [7, 11) is 1.86. The van der Waals surface area contributed by atoms with Gasteiger partial charge in [-0.1, -0.05) is 0 Å². The summed E-state index contributed by atoms with van der Waals surface area (Å²) in [5, 5.41) is 0. The summed E-state index contributed by atoms with van der Waals surface area (Å²) in [6.07, 6.45) is 1.62. The fraction of sp³-hybridized carbons (Fsp3) is 0.222. The molecule has 2 aromatic rings. The van der Waals surface area contributed by atoms with Crippen molar-refractivity contribution in [2.45, 2.75) is 6.92 Å². The van der Waals surface area contributed by atoms with Gasteiger partial charge in [-0.3, -0.25) is 0 Å². The highest BCUT2D eigenvalue weighted by atomic mass is 19.1. The van der Waals surface area contributed by atoms with Gasteiger partial charge < -0.3 is 4.57 Å². The predicted molar refractivity (Wildman–Crippen MR) is 45.4 cm³/mol. The van der Waals surface area contributed by atoms with Crippen molar-refractivity contribution in [2.24, 2.45) is 7.05 Å². The van der Waals surface area contributed by atoms with Crippen molar-refractivity contribution in [3.05, 3.63) is 29.8 Å². The average molecular weight is 164 g/mol. The standard InChI is InChI=1S/C9H9FN2/c1-6-3-7(10)9-8(4-6)12(2)5-11-9/h3-5H,1-2H3. The Hall–Kier alpha value is -1.38. The third-order valence-corrected chi connectivity index (χ3v) is 1.93. The molecule has 0 fully saturated rings. The molecule has 62 valence electrons. The van der Waals surface area contributed by atoms with Crippen LogP contribution in [0.15, 0.2) is 18.5 Å². The zero-order valence-corrected chi connectivity index (χ0v) is 7.00. The molecular weight excluding hydrogens is 155 g/mol. The summed E-state index contributed by atoms with van der Waals surface area (Å²) in [6, 6.07) is 3.42. The van der Waals surface area contributed by atoms with E-state index >= 15 is 0 Å². The lowest BCUT2D eigenvalue weighted by Crippen LogP contribution is -1.86. The van der Waals surface area contributed by atoms with E-state index in [1.807, 2.05) is 24.6 Å². The Balaban J connectivity index is 2.92. The highest BCUT2D eigenvalue weighted by Crippen LogP contribution is 2.17. The van der Waals surface area contributed by atoms with Crippen LogP contribution >= 0.6 is 0 Å². The molecule has 0 unspecified atom stereocenters. The molecule has 0 bridgehead atoms. The van der Waals surface area contributed by atoms with Crippen LogP contribution in [0.25, 0.3) is 11.0 Å². The summed E-state index contributed by atoms with van der Waals surface area (Å²) in [6.45, 7) is 1.87. The molecule has 12 heavy (non-hydrogen) atoms. The van der Waals surface area contributed by atoms with E-state index in [4.69, 9.17) is 0 Å². The van der Waals surface area contributed by atoms with Crippen molar-refractivity contribution >= 4 is 11.0 Å². The van der Waals surface area contributed by atoms with E-state index in [0.29, 0.717) is 5.52 Å². The van der Waals surface area contributed by atoms with Gasteiger partial charge in [0, 0.05) is 7.05 Å². The second-order valence-corrected chi connectivity index (χ2v) is 2.97. The molecule has 0 N–H and O–H groups in total. The van der Waals surface area contributed by atoms with E-state index in [-0.39, 0.29) is 5.82 Å². The molecule has 1 heterocycles. The van der Waals surface area contributed by atoms with Crippen LogP contribution in [0, 0.1) is 12.7 Å². The first-order chi connectivity index (χ1) is 5.68. The van der Waals surface area contributed by atoms with Crippen molar-refractivity contribution in [2.75, 3.05) is 0 Å². The van der Waals surface area contributed by atoms with E-state index in [0.717, 1.165) is 11.1 Å². The summed E-state index contributed by atoms with van der Waals surface area (Å²) < 4.78 is 15.0. The van der Waals surface area contributed by atoms with Crippen molar-refractivity contribution in [1.82, 2.24) is 9.55 Å². The number of rotatable bonds is 0. The van der Waals surface area contributed by atoms with Gasteiger partial charge in [-0.15, -0.1) is 0 Å². The zero-order chi connectivity index (χ0) is 8.72. The third-order valence-electron chi connectivity index (χ3n) is 1.93. The molecular formula is C9H9FN2. The van der Waals surface area contributed by atoms with Crippen LogP contribution in [-0.2, 0) is 7.05 Å². The molecule has 0 amide bonds. The summed E-state index contributed by atoms with van der Waals surface area (Å²) in [4.78, 5) is 3.95. The molecule has 1 aromatic heterocycles. The van der Waals surface area contributed by atoms with E-state index < -0.39 is 0 Å². The molecule has 0 saturated heterocycles. The minimum atomic E-state index is -0.245. The number of hydrogen-bond donors (Lipinski definition) is 0.